The second-order valence-corrected chi connectivity index (χ2v) is 7.66. The molecule has 0 saturated heterocycles. The highest BCUT2D eigenvalue weighted by molar-refractivity contribution is 5.95. The highest BCUT2D eigenvalue weighted by Crippen LogP contribution is 2.27. The average molecular weight is 444 g/mol. The van der Waals surface area contributed by atoms with Crippen molar-refractivity contribution < 1.29 is 29.0 Å². The summed E-state index contributed by atoms with van der Waals surface area (Å²) in [6, 6.07) is 12.4. The molecule has 2 amide bonds. The summed E-state index contributed by atoms with van der Waals surface area (Å²) < 4.78 is 17.3. The third-order valence-electron chi connectivity index (χ3n) is 5.11. The van der Waals surface area contributed by atoms with E-state index in [-0.39, 0.29) is 18.7 Å². The van der Waals surface area contributed by atoms with Crippen LogP contribution in [0.25, 0.3) is 0 Å². The standard InChI is InChI=1S/C23H29N3O6/c1-30-18-10-15-5-4-8-31-21(12-17(24)13-22(27)26-29)23(28)25-19-6-2-3-7-20(19)32-14-16(9-15)11-18/h2-3,6-7,9-11,17,21,29H,4-5,8,12-14,24H2,1H3,(H,25,28)(H,26,27)/t17-,21-/m1/s1. The Bertz CT molecular complexity index is 936. The zero-order valence-electron chi connectivity index (χ0n) is 18.0. The molecular formula is C23H29N3O6. The SMILES string of the molecule is COc1cc2cc(c1)COc1ccccc1NC(=O)[C@@H](C[C@@H](N)CC(=O)NO)OCCC2. The number of rotatable bonds is 5. The molecule has 0 unspecified atom stereocenters. The molecule has 0 fully saturated rings. The Kier molecular flexibility index (Phi) is 8.43. The number of nitrogens with two attached hydrogens (primary N) is 1. The van der Waals surface area contributed by atoms with Gasteiger partial charge in [0.1, 0.15) is 24.2 Å². The first kappa shape index (κ1) is 23.5. The maximum Gasteiger partial charge on any atom is 0.253 e. The van der Waals surface area contributed by atoms with Gasteiger partial charge in [0.05, 0.1) is 12.8 Å². The molecule has 0 aliphatic carbocycles. The molecule has 1 heterocycles. The molecule has 9 nitrogen and oxygen atoms in total. The molecule has 2 atom stereocenters. The maximum atomic E-state index is 13.0. The Labute approximate surface area is 186 Å². The highest BCUT2D eigenvalue weighted by Gasteiger charge is 2.24. The lowest BCUT2D eigenvalue weighted by Crippen LogP contribution is -2.39. The molecule has 0 spiro atoms. The number of hydrogen-bond donors (Lipinski definition) is 4. The van der Waals surface area contributed by atoms with E-state index in [1.54, 1.807) is 30.8 Å². The number of para-hydroxylation sites is 2. The number of carbonyl (C=O) groups excluding carboxylic acids is 2. The first-order valence-electron chi connectivity index (χ1n) is 10.5. The number of anilines is 1. The number of ether oxygens (including phenoxy) is 3. The van der Waals surface area contributed by atoms with Crippen LogP contribution in [0.4, 0.5) is 5.69 Å². The Morgan fingerprint density at radius 2 is 2.09 bits per heavy atom. The number of amides is 2. The van der Waals surface area contributed by atoms with Gasteiger partial charge in [-0.05, 0) is 54.7 Å². The first-order chi connectivity index (χ1) is 15.5. The molecule has 9 heteroatoms. The number of methoxy groups -OCH3 is 1. The molecule has 0 saturated carbocycles. The van der Waals surface area contributed by atoms with Crippen molar-refractivity contribution in [3.63, 3.8) is 0 Å². The molecule has 2 aromatic rings. The molecule has 3 rings (SSSR count). The van der Waals surface area contributed by atoms with Crippen LogP contribution >= 0.6 is 0 Å². The monoisotopic (exact) mass is 443 g/mol. The maximum absolute atomic E-state index is 13.0. The van der Waals surface area contributed by atoms with E-state index >= 15 is 0 Å². The van der Waals surface area contributed by atoms with Crippen molar-refractivity contribution in [1.29, 1.82) is 0 Å². The second kappa shape index (κ2) is 11.5. The first-order valence-corrected chi connectivity index (χ1v) is 10.5. The minimum Gasteiger partial charge on any atom is -0.497 e. The van der Waals surface area contributed by atoms with E-state index in [1.165, 1.54) is 0 Å². The number of benzene rings is 2. The van der Waals surface area contributed by atoms with Crippen LogP contribution in [0, 0.1) is 0 Å². The summed E-state index contributed by atoms with van der Waals surface area (Å²) >= 11 is 0. The van der Waals surface area contributed by atoms with Crippen LogP contribution in [0.5, 0.6) is 11.5 Å². The Hall–Kier alpha value is -3.14. The summed E-state index contributed by atoms with van der Waals surface area (Å²) in [7, 11) is 1.63. The van der Waals surface area contributed by atoms with Crippen molar-refractivity contribution in [3.05, 3.63) is 53.6 Å². The molecule has 0 radical (unpaired) electrons. The highest BCUT2D eigenvalue weighted by atomic mass is 16.5. The van der Waals surface area contributed by atoms with Gasteiger partial charge in [-0.1, -0.05) is 18.2 Å². The fourth-order valence-corrected chi connectivity index (χ4v) is 3.54. The Morgan fingerprint density at radius 3 is 2.88 bits per heavy atom. The van der Waals surface area contributed by atoms with E-state index < -0.39 is 18.1 Å². The number of fused-ring (bicyclic) bond motifs is 3. The van der Waals surface area contributed by atoms with Gasteiger partial charge in [0.15, 0.2) is 0 Å². The quantitative estimate of drug-likeness (QED) is 0.411. The van der Waals surface area contributed by atoms with Gasteiger partial charge in [-0.2, -0.15) is 0 Å². The van der Waals surface area contributed by atoms with Gasteiger partial charge in [0.25, 0.3) is 5.91 Å². The van der Waals surface area contributed by atoms with E-state index in [0.717, 1.165) is 23.3 Å². The van der Waals surface area contributed by atoms with E-state index in [2.05, 4.69) is 11.4 Å². The molecule has 1 aliphatic heterocycles. The molecular weight excluding hydrogens is 414 g/mol. The third-order valence-corrected chi connectivity index (χ3v) is 5.11. The summed E-state index contributed by atoms with van der Waals surface area (Å²) in [5.74, 6) is 0.274. The lowest BCUT2D eigenvalue weighted by Gasteiger charge is -2.22. The number of hydrogen-bond acceptors (Lipinski definition) is 7. The molecule has 5 N–H and O–H groups in total. The van der Waals surface area contributed by atoms with E-state index in [0.29, 0.717) is 31.1 Å². The minimum atomic E-state index is -0.867. The summed E-state index contributed by atoms with van der Waals surface area (Å²) in [4.78, 5) is 24.4. The molecule has 2 aromatic carbocycles. The van der Waals surface area contributed by atoms with Gasteiger partial charge in [0, 0.05) is 19.1 Å². The van der Waals surface area contributed by atoms with E-state index in [9.17, 15) is 9.59 Å². The number of aryl methyl sites for hydroxylation is 1. The number of nitrogens with one attached hydrogen (secondary N) is 2. The lowest BCUT2D eigenvalue weighted by molar-refractivity contribution is -0.131. The Balaban J connectivity index is 1.83. The van der Waals surface area contributed by atoms with Crippen molar-refractivity contribution in [2.24, 2.45) is 5.73 Å². The zero-order chi connectivity index (χ0) is 22.9. The lowest BCUT2D eigenvalue weighted by atomic mass is 10.0. The van der Waals surface area contributed by atoms with Crippen LogP contribution in [-0.2, 0) is 27.4 Å². The smallest absolute Gasteiger partial charge is 0.253 e. The fourth-order valence-electron chi connectivity index (χ4n) is 3.54. The topological polar surface area (TPSA) is 132 Å². The third kappa shape index (κ3) is 6.68. The summed E-state index contributed by atoms with van der Waals surface area (Å²) in [5, 5.41) is 11.6. The van der Waals surface area contributed by atoms with E-state index in [1.807, 2.05) is 18.2 Å². The van der Waals surface area contributed by atoms with Crippen molar-refractivity contribution in [3.8, 4) is 11.5 Å². The van der Waals surface area contributed by atoms with Crippen LogP contribution in [0.3, 0.4) is 0 Å². The van der Waals surface area contributed by atoms with Gasteiger partial charge in [-0.15, -0.1) is 0 Å². The Morgan fingerprint density at radius 1 is 1.31 bits per heavy atom. The largest absolute Gasteiger partial charge is 0.497 e. The van der Waals surface area contributed by atoms with Crippen LogP contribution in [0.2, 0.25) is 0 Å². The molecule has 1 aliphatic rings. The van der Waals surface area contributed by atoms with Gasteiger partial charge < -0.3 is 25.3 Å². The van der Waals surface area contributed by atoms with Crippen molar-refractivity contribution >= 4 is 17.5 Å². The van der Waals surface area contributed by atoms with Crippen molar-refractivity contribution in [2.75, 3.05) is 19.0 Å². The summed E-state index contributed by atoms with van der Waals surface area (Å²) in [6.07, 6.45) is 0.531. The second-order valence-electron chi connectivity index (χ2n) is 7.66. The zero-order valence-corrected chi connectivity index (χ0v) is 18.0. The van der Waals surface area contributed by atoms with Crippen LogP contribution in [0.15, 0.2) is 42.5 Å². The number of hydroxylamine groups is 1. The molecule has 32 heavy (non-hydrogen) atoms. The average Bonchev–Trinajstić information content (AvgIpc) is 2.79. The molecule has 2 bridgehead atoms. The van der Waals surface area contributed by atoms with Gasteiger partial charge in [-0.25, -0.2) is 5.48 Å². The van der Waals surface area contributed by atoms with E-state index in [4.69, 9.17) is 25.2 Å². The van der Waals surface area contributed by atoms with Gasteiger partial charge in [-0.3, -0.25) is 14.8 Å². The predicted molar refractivity (Wildman–Crippen MR) is 118 cm³/mol. The summed E-state index contributed by atoms with van der Waals surface area (Å²) in [5.41, 5.74) is 10.1. The minimum absolute atomic E-state index is 0.117. The van der Waals surface area contributed by atoms with Gasteiger partial charge in [0.2, 0.25) is 5.91 Å². The fraction of sp³-hybridized carbons (Fsp3) is 0.391. The van der Waals surface area contributed by atoms with Crippen molar-refractivity contribution in [1.82, 2.24) is 5.48 Å². The number of carbonyl (C=O) groups is 2. The molecule has 172 valence electrons. The van der Waals surface area contributed by atoms with Crippen LogP contribution in [0.1, 0.15) is 30.4 Å². The van der Waals surface area contributed by atoms with Gasteiger partial charge >= 0.3 is 0 Å². The van der Waals surface area contributed by atoms with Crippen LogP contribution in [-0.4, -0.2) is 42.9 Å². The predicted octanol–water partition coefficient (Wildman–Crippen LogP) is 2.16. The normalized spacial score (nSPS) is 17.7. The summed E-state index contributed by atoms with van der Waals surface area (Å²) in [6.45, 7) is 0.653. The molecule has 0 aromatic heterocycles. The van der Waals surface area contributed by atoms with Crippen LogP contribution < -0.4 is 26.0 Å². The van der Waals surface area contributed by atoms with Crippen molar-refractivity contribution in [2.45, 2.75) is 44.4 Å².